The first-order valence-electron chi connectivity index (χ1n) is 9.71. The zero-order valence-corrected chi connectivity index (χ0v) is 18.2. The van der Waals surface area contributed by atoms with Gasteiger partial charge in [-0.15, -0.1) is 13.2 Å². The molecule has 2 amide bonds. The zero-order valence-electron chi connectivity index (χ0n) is 18.2. The normalized spacial score (nSPS) is 14.9. The van der Waals surface area contributed by atoms with Gasteiger partial charge in [-0.25, -0.2) is 5.06 Å². The van der Waals surface area contributed by atoms with Crippen LogP contribution >= 0.6 is 0 Å². The zero-order chi connectivity index (χ0) is 24.0. The third-order valence-electron chi connectivity index (χ3n) is 5.15. The molecule has 0 aromatic heterocycles. The fourth-order valence-electron chi connectivity index (χ4n) is 3.23. The Morgan fingerprint density at radius 2 is 1.74 bits per heavy atom. The van der Waals surface area contributed by atoms with Crippen LogP contribution in [0.25, 0.3) is 0 Å². The van der Waals surface area contributed by atoms with Crippen LogP contribution in [0.1, 0.15) is 39.7 Å². The molecular formula is C21H29F3N2O5. The van der Waals surface area contributed by atoms with Crippen molar-refractivity contribution in [2.45, 2.75) is 52.9 Å². The van der Waals surface area contributed by atoms with E-state index < -0.39 is 35.4 Å². The average Bonchev–Trinajstić information content (AvgIpc) is 2.67. The number of halogens is 3. The van der Waals surface area contributed by atoms with E-state index in [4.69, 9.17) is 0 Å². The predicted octanol–water partition coefficient (Wildman–Crippen LogP) is 3.35. The number of nitrogens with one attached hydrogen (secondary N) is 1. The number of amides is 2. The van der Waals surface area contributed by atoms with Gasteiger partial charge in [-0.1, -0.05) is 32.9 Å². The van der Waals surface area contributed by atoms with Crippen molar-refractivity contribution in [2.75, 3.05) is 7.05 Å². The molecule has 0 spiro atoms. The molecule has 0 aliphatic rings. The second-order valence-corrected chi connectivity index (χ2v) is 8.43. The molecule has 0 aliphatic heterocycles. The largest absolute Gasteiger partial charge is 0.573 e. The number of Topliss-reactive ketones (excluding diaryl/α,β-unsaturated/α-hetero) is 1. The monoisotopic (exact) mass is 446 g/mol. The lowest BCUT2D eigenvalue weighted by Gasteiger charge is -2.32. The molecule has 1 aromatic carbocycles. The molecule has 0 heterocycles. The molecule has 0 fully saturated rings. The molecule has 0 bridgehead atoms. The molecule has 10 heteroatoms. The number of rotatable bonds is 10. The van der Waals surface area contributed by atoms with E-state index in [1.165, 1.54) is 26.1 Å². The molecular weight excluding hydrogens is 417 g/mol. The van der Waals surface area contributed by atoms with Crippen molar-refractivity contribution in [3.05, 3.63) is 29.8 Å². The quantitative estimate of drug-likeness (QED) is 0.327. The number of nitrogens with zero attached hydrogens (tertiary/aromatic N) is 1. The van der Waals surface area contributed by atoms with Crippen molar-refractivity contribution in [3.63, 3.8) is 0 Å². The van der Waals surface area contributed by atoms with Crippen molar-refractivity contribution < 1.29 is 37.5 Å². The lowest BCUT2D eigenvalue weighted by atomic mass is 9.74. The smallest absolute Gasteiger partial charge is 0.406 e. The lowest BCUT2D eigenvalue weighted by molar-refractivity contribution is -0.274. The summed E-state index contributed by atoms with van der Waals surface area (Å²) in [5, 5.41) is 12.7. The highest BCUT2D eigenvalue weighted by Crippen LogP contribution is 2.32. The SMILES string of the molecule is CNC(=O)[C@@H](CC(=O)[C@H](Cc1ccc(OC(F)(F)F)cc1)[C@H](C)N(O)C=O)C(C)(C)C. The average molecular weight is 446 g/mol. The number of hydrogen-bond donors (Lipinski definition) is 2. The second-order valence-electron chi connectivity index (χ2n) is 8.43. The van der Waals surface area contributed by atoms with Crippen LogP contribution in [0, 0.1) is 17.3 Å². The van der Waals surface area contributed by atoms with E-state index in [1.807, 2.05) is 20.8 Å². The Bertz CT molecular complexity index is 760. The number of carbonyl (C=O) groups is 3. The lowest BCUT2D eigenvalue weighted by Crippen LogP contribution is -2.43. The highest BCUT2D eigenvalue weighted by molar-refractivity contribution is 5.89. The van der Waals surface area contributed by atoms with E-state index in [2.05, 4.69) is 10.1 Å². The Balaban J connectivity index is 3.13. The van der Waals surface area contributed by atoms with Crippen molar-refractivity contribution >= 4 is 18.1 Å². The molecule has 7 nitrogen and oxygen atoms in total. The predicted molar refractivity (Wildman–Crippen MR) is 106 cm³/mol. The molecule has 1 aromatic rings. The van der Waals surface area contributed by atoms with E-state index in [1.54, 1.807) is 0 Å². The molecule has 0 saturated heterocycles. The Kier molecular flexibility index (Phi) is 9.04. The van der Waals surface area contributed by atoms with Gasteiger partial charge in [-0.2, -0.15) is 0 Å². The summed E-state index contributed by atoms with van der Waals surface area (Å²) in [7, 11) is 1.47. The first-order chi connectivity index (χ1) is 14.2. The van der Waals surface area contributed by atoms with Gasteiger partial charge in [0.15, 0.2) is 0 Å². The summed E-state index contributed by atoms with van der Waals surface area (Å²) in [6.45, 7) is 6.94. The molecule has 3 atom stereocenters. The van der Waals surface area contributed by atoms with Gasteiger partial charge >= 0.3 is 6.36 Å². The minimum atomic E-state index is -4.82. The summed E-state index contributed by atoms with van der Waals surface area (Å²) in [6, 6.07) is 4.07. The van der Waals surface area contributed by atoms with Crippen molar-refractivity contribution in [1.29, 1.82) is 0 Å². The minimum Gasteiger partial charge on any atom is -0.406 e. The van der Waals surface area contributed by atoms with Crippen LogP contribution in [-0.4, -0.2) is 47.8 Å². The molecule has 31 heavy (non-hydrogen) atoms. The first kappa shape index (κ1) is 26.4. The van der Waals surface area contributed by atoms with Gasteiger partial charge < -0.3 is 10.1 Å². The number of ether oxygens (including phenoxy) is 1. The van der Waals surface area contributed by atoms with Crippen LogP contribution in [0.5, 0.6) is 5.75 Å². The molecule has 2 N–H and O–H groups in total. The summed E-state index contributed by atoms with van der Waals surface area (Å²) in [6.07, 6.45) is -4.73. The van der Waals surface area contributed by atoms with Gasteiger partial charge in [0.2, 0.25) is 12.3 Å². The summed E-state index contributed by atoms with van der Waals surface area (Å²) in [5.74, 6) is -2.61. The maximum absolute atomic E-state index is 13.1. The third-order valence-corrected chi connectivity index (χ3v) is 5.15. The van der Waals surface area contributed by atoms with Gasteiger partial charge in [0.1, 0.15) is 11.5 Å². The Morgan fingerprint density at radius 1 is 1.19 bits per heavy atom. The Hall–Kier alpha value is -2.62. The van der Waals surface area contributed by atoms with E-state index >= 15 is 0 Å². The van der Waals surface area contributed by atoms with Gasteiger partial charge in [0, 0.05) is 25.3 Å². The molecule has 0 saturated carbocycles. The molecule has 174 valence electrons. The number of benzene rings is 1. The standard InChI is InChI=1S/C21H29F3N2O5/c1-13(26(30)12-27)16(18(28)11-17(19(29)25-5)20(2,3)4)10-14-6-8-15(9-7-14)31-21(22,23)24/h6-9,12-13,16-17,30H,10-11H2,1-5H3,(H,25,29)/t13-,16+,17+/m0/s1. The fraction of sp³-hybridized carbons (Fsp3) is 0.571. The molecule has 0 unspecified atom stereocenters. The van der Waals surface area contributed by atoms with Gasteiger partial charge in [0.25, 0.3) is 0 Å². The summed E-state index contributed by atoms with van der Waals surface area (Å²) in [5.41, 5.74) is -0.0183. The highest BCUT2D eigenvalue weighted by Gasteiger charge is 2.37. The van der Waals surface area contributed by atoms with Crippen LogP contribution in [0.4, 0.5) is 13.2 Å². The molecule has 1 rings (SSSR count). The van der Waals surface area contributed by atoms with Crippen LogP contribution in [0.2, 0.25) is 0 Å². The minimum absolute atomic E-state index is 0.0435. The number of ketones is 1. The van der Waals surface area contributed by atoms with Crippen molar-refractivity contribution in [3.8, 4) is 5.75 Å². The Labute approximate surface area is 179 Å². The third kappa shape index (κ3) is 8.20. The summed E-state index contributed by atoms with van der Waals surface area (Å²) in [4.78, 5) is 36.5. The van der Waals surface area contributed by atoms with E-state index in [9.17, 15) is 32.8 Å². The van der Waals surface area contributed by atoms with Crippen molar-refractivity contribution in [2.24, 2.45) is 17.3 Å². The summed E-state index contributed by atoms with van der Waals surface area (Å²) < 4.78 is 40.8. The van der Waals surface area contributed by atoms with Gasteiger partial charge in [0.05, 0.1) is 6.04 Å². The number of hydroxylamine groups is 2. The highest BCUT2D eigenvalue weighted by atomic mass is 19.4. The first-order valence-corrected chi connectivity index (χ1v) is 9.71. The van der Waals surface area contributed by atoms with Crippen LogP contribution < -0.4 is 10.1 Å². The van der Waals surface area contributed by atoms with Crippen molar-refractivity contribution in [1.82, 2.24) is 10.4 Å². The van der Waals surface area contributed by atoms with E-state index in [0.29, 0.717) is 10.6 Å². The van der Waals surface area contributed by atoms with Crippen LogP contribution in [-0.2, 0) is 20.8 Å². The number of alkyl halides is 3. The van der Waals surface area contributed by atoms with Gasteiger partial charge in [-0.05, 0) is 36.5 Å². The maximum atomic E-state index is 13.1. The van der Waals surface area contributed by atoms with E-state index in [-0.39, 0.29) is 30.9 Å². The number of hydrogen-bond acceptors (Lipinski definition) is 5. The van der Waals surface area contributed by atoms with Gasteiger partial charge in [-0.3, -0.25) is 19.6 Å². The topological polar surface area (TPSA) is 95.9 Å². The van der Waals surface area contributed by atoms with Crippen LogP contribution in [0.15, 0.2) is 24.3 Å². The fourth-order valence-corrected chi connectivity index (χ4v) is 3.23. The molecule has 0 aliphatic carbocycles. The number of carbonyl (C=O) groups excluding carboxylic acids is 3. The maximum Gasteiger partial charge on any atom is 0.573 e. The van der Waals surface area contributed by atoms with Crippen LogP contribution in [0.3, 0.4) is 0 Å². The Morgan fingerprint density at radius 3 is 2.16 bits per heavy atom. The van der Waals surface area contributed by atoms with E-state index in [0.717, 1.165) is 12.1 Å². The summed E-state index contributed by atoms with van der Waals surface area (Å²) >= 11 is 0. The second kappa shape index (κ2) is 10.6. The molecule has 0 radical (unpaired) electrons.